The summed E-state index contributed by atoms with van der Waals surface area (Å²) in [4.78, 5) is 0. The number of aromatic nitrogens is 1. The van der Waals surface area contributed by atoms with Crippen molar-refractivity contribution in [3.8, 4) is 11.8 Å². The number of rotatable bonds is 0. The van der Waals surface area contributed by atoms with E-state index in [4.69, 9.17) is 0 Å². The molecular weight excluding hydrogens is 190 g/mol. The van der Waals surface area contributed by atoms with Gasteiger partial charge in [0.25, 0.3) is 0 Å². The number of nitrogens with zero attached hydrogens (tertiary/aromatic N) is 1. The minimum atomic E-state index is 1.06. The van der Waals surface area contributed by atoms with Crippen LogP contribution in [0.4, 0.5) is 0 Å². The van der Waals surface area contributed by atoms with Gasteiger partial charge in [0.05, 0.1) is 5.38 Å². The van der Waals surface area contributed by atoms with Gasteiger partial charge in [-0.05, 0) is 12.1 Å². The standard InChI is InChI=1S/C12H10NS/c1-13-9-10-14-12(13)8-7-11-5-3-2-4-6-11/h2-6,9-10H,1H3/q+1. The van der Waals surface area contributed by atoms with E-state index in [-0.39, 0.29) is 0 Å². The highest BCUT2D eigenvalue weighted by atomic mass is 32.1. The Balaban J connectivity index is 2.28. The molecule has 0 aliphatic rings. The molecule has 0 bridgehead atoms. The molecule has 1 heterocycles. The van der Waals surface area contributed by atoms with E-state index in [1.54, 1.807) is 11.3 Å². The van der Waals surface area contributed by atoms with Crippen LogP contribution in [-0.4, -0.2) is 0 Å². The zero-order chi connectivity index (χ0) is 9.80. The van der Waals surface area contributed by atoms with Crippen LogP contribution < -0.4 is 4.57 Å². The van der Waals surface area contributed by atoms with E-state index < -0.39 is 0 Å². The lowest BCUT2D eigenvalue weighted by Crippen LogP contribution is -2.27. The van der Waals surface area contributed by atoms with Crippen LogP contribution in [-0.2, 0) is 7.05 Å². The van der Waals surface area contributed by atoms with Crippen molar-refractivity contribution in [2.45, 2.75) is 0 Å². The summed E-state index contributed by atoms with van der Waals surface area (Å²) >= 11 is 1.66. The topological polar surface area (TPSA) is 3.88 Å². The highest BCUT2D eigenvalue weighted by Gasteiger charge is 2.01. The molecule has 1 nitrogen and oxygen atoms in total. The minimum absolute atomic E-state index is 1.06. The van der Waals surface area contributed by atoms with Gasteiger partial charge < -0.3 is 0 Å². The molecule has 2 rings (SSSR count). The average molecular weight is 200 g/mol. The number of hydrogen-bond donors (Lipinski definition) is 0. The predicted octanol–water partition coefficient (Wildman–Crippen LogP) is 1.97. The molecule has 0 amide bonds. The summed E-state index contributed by atoms with van der Waals surface area (Å²) in [6.07, 6.45) is 2.01. The third-order valence-corrected chi connectivity index (χ3v) is 2.74. The van der Waals surface area contributed by atoms with Crippen LogP contribution in [0.2, 0.25) is 0 Å². The minimum Gasteiger partial charge on any atom is -0.184 e. The van der Waals surface area contributed by atoms with Crippen LogP contribution in [0.15, 0.2) is 41.9 Å². The SMILES string of the molecule is C[n+]1ccsc1C#Cc1ccccc1. The highest BCUT2D eigenvalue weighted by Crippen LogP contribution is 2.00. The fraction of sp³-hybridized carbons (Fsp3) is 0.0833. The monoisotopic (exact) mass is 200 g/mol. The summed E-state index contributed by atoms with van der Waals surface area (Å²) in [5.74, 6) is 6.27. The van der Waals surface area contributed by atoms with E-state index in [9.17, 15) is 0 Å². The second-order valence-electron chi connectivity index (χ2n) is 2.94. The van der Waals surface area contributed by atoms with Crippen molar-refractivity contribution in [1.82, 2.24) is 0 Å². The Morgan fingerprint density at radius 2 is 1.93 bits per heavy atom. The van der Waals surface area contributed by atoms with E-state index >= 15 is 0 Å². The van der Waals surface area contributed by atoms with Crippen LogP contribution in [0.5, 0.6) is 0 Å². The number of hydrogen-bond acceptors (Lipinski definition) is 1. The highest BCUT2D eigenvalue weighted by molar-refractivity contribution is 7.09. The van der Waals surface area contributed by atoms with Gasteiger partial charge >= 0.3 is 5.01 Å². The average Bonchev–Trinajstić information content (AvgIpc) is 2.63. The smallest absolute Gasteiger partial charge is 0.184 e. The third-order valence-electron chi connectivity index (χ3n) is 1.87. The Morgan fingerprint density at radius 1 is 1.14 bits per heavy atom. The lowest BCUT2D eigenvalue weighted by Gasteiger charge is -1.84. The molecule has 0 atom stereocenters. The second-order valence-corrected chi connectivity index (χ2v) is 3.83. The molecule has 0 aliphatic heterocycles. The quantitative estimate of drug-likeness (QED) is 0.452. The largest absolute Gasteiger partial charge is 0.314 e. The lowest BCUT2D eigenvalue weighted by atomic mass is 10.2. The van der Waals surface area contributed by atoms with Crippen molar-refractivity contribution >= 4 is 11.3 Å². The maximum absolute atomic E-state index is 3.14. The van der Waals surface area contributed by atoms with Gasteiger partial charge in [-0.25, -0.2) is 0 Å². The summed E-state index contributed by atoms with van der Waals surface area (Å²) in [6, 6.07) is 10.0. The van der Waals surface area contributed by atoms with Crippen LogP contribution in [0.1, 0.15) is 10.6 Å². The second kappa shape index (κ2) is 4.08. The lowest BCUT2D eigenvalue weighted by molar-refractivity contribution is -0.668. The van der Waals surface area contributed by atoms with Gasteiger partial charge in [0.1, 0.15) is 7.05 Å². The zero-order valence-electron chi connectivity index (χ0n) is 7.90. The summed E-state index contributed by atoms with van der Waals surface area (Å²) in [5, 5.41) is 3.11. The Hall–Kier alpha value is -1.59. The van der Waals surface area contributed by atoms with Crippen LogP contribution in [0, 0.1) is 11.8 Å². The first-order chi connectivity index (χ1) is 6.86. The molecule has 0 N–H and O–H groups in total. The van der Waals surface area contributed by atoms with Gasteiger partial charge in [-0.15, -0.1) is 0 Å². The number of thiazole rings is 1. The van der Waals surface area contributed by atoms with E-state index in [1.165, 1.54) is 0 Å². The Kier molecular flexibility index (Phi) is 2.62. The third kappa shape index (κ3) is 2.01. The fourth-order valence-corrected chi connectivity index (χ4v) is 1.81. The van der Waals surface area contributed by atoms with Crippen molar-refractivity contribution in [1.29, 1.82) is 0 Å². The molecule has 0 radical (unpaired) electrons. The predicted molar refractivity (Wildman–Crippen MR) is 57.9 cm³/mol. The van der Waals surface area contributed by atoms with Gasteiger partial charge in [0.2, 0.25) is 0 Å². The molecule has 1 aromatic heterocycles. The molecule has 2 heteroatoms. The first-order valence-corrected chi connectivity index (χ1v) is 5.24. The first kappa shape index (κ1) is 8.98. The fourth-order valence-electron chi connectivity index (χ4n) is 1.10. The maximum Gasteiger partial charge on any atom is 0.314 e. The summed E-state index contributed by atoms with van der Waals surface area (Å²) in [5.41, 5.74) is 1.06. The molecular formula is C12H10NS+. The molecule has 0 saturated heterocycles. The summed E-state index contributed by atoms with van der Waals surface area (Å²) < 4.78 is 2.03. The van der Waals surface area contributed by atoms with E-state index in [0.717, 1.165) is 10.6 Å². The normalized spacial score (nSPS) is 9.21. The van der Waals surface area contributed by atoms with Crippen molar-refractivity contribution in [3.63, 3.8) is 0 Å². The number of benzene rings is 1. The first-order valence-electron chi connectivity index (χ1n) is 4.36. The van der Waals surface area contributed by atoms with Gasteiger partial charge in [-0.1, -0.05) is 35.5 Å². The Bertz CT molecular complexity index is 474. The van der Waals surface area contributed by atoms with E-state index in [1.807, 2.05) is 53.5 Å². The van der Waals surface area contributed by atoms with Gasteiger partial charge in [-0.3, -0.25) is 0 Å². The van der Waals surface area contributed by atoms with Crippen molar-refractivity contribution in [2.75, 3.05) is 0 Å². The Morgan fingerprint density at radius 3 is 2.57 bits per heavy atom. The summed E-state index contributed by atoms with van der Waals surface area (Å²) in [7, 11) is 2.01. The molecule has 68 valence electrons. The molecule has 2 aromatic rings. The van der Waals surface area contributed by atoms with Crippen molar-refractivity contribution < 1.29 is 4.57 Å². The van der Waals surface area contributed by atoms with Crippen LogP contribution >= 0.6 is 11.3 Å². The van der Waals surface area contributed by atoms with E-state index in [2.05, 4.69) is 11.8 Å². The molecule has 0 fully saturated rings. The van der Waals surface area contributed by atoms with Gasteiger partial charge in [0, 0.05) is 11.5 Å². The number of aryl methyl sites for hydroxylation is 1. The Labute approximate surface area is 87.7 Å². The molecule has 0 saturated carbocycles. The molecule has 0 spiro atoms. The van der Waals surface area contributed by atoms with Gasteiger partial charge in [0.15, 0.2) is 6.20 Å². The summed E-state index contributed by atoms with van der Waals surface area (Å²) in [6.45, 7) is 0. The molecule has 1 aromatic carbocycles. The van der Waals surface area contributed by atoms with Crippen LogP contribution in [0.3, 0.4) is 0 Å². The van der Waals surface area contributed by atoms with E-state index in [0.29, 0.717) is 0 Å². The van der Waals surface area contributed by atoms with Gasteiger partial charge in [-0.2, -0.15) is 4.57 Å². The molecule has 14 heavy (non-hydrogen) atoms. The van der Waals surface area contributed by atoms with Crippen molar-refractivity contribution in [3.05, 3.63) is 52.5 Å². The van der Waals surface area contributed by atoms with Crippen LogP contribution in [0.25, 0.3) is 0 Å². The van der Waals surface area contributed by atoms with Crippen molar-refractivity contribution in [2.24, 2.45) is 7.05 Å². The zero-order valence-corrected chi connectivity index (χ0v) is 8.71. The maximum atomic E-state index is 3.14. The molecule has 0 aliphatic carbocycles. The molecule has 0 unspecified atom stereocenters.